The van der Waals surface area contributed by atoms with E-state index in [2.05, 4.69) is 11.0 Å². The standard InChI is InChI=1S/C21H30N2O2/c1-16-7-8-19(17(2)15-16)21(25)23-13-9-18(10-14-23)20(24)22-11-5-3-4-6-12-22/h7-8,15,18H,3-6,9-14H2,1-2H3. The Kier molecular flexibility index (Phi) is 5.77. The minimum absolute atomic E-state index is 0.0984. The second-order valence-corrected chi connectivity index (χ2v) is 7.62. The van der Waals surface area contributed by atoms with Gasteiger partial charge in [0, 0.05) is 37.7 Å². The molecular formula is C21H30N2O2. The van der Waals surface area contributed by atoms with Crippen molar-refractivity contribution in [3.05, 3.63) is 34.9 Å². The third-order valence-corrected chi connectivity index (χ3v) is 5.66. The number of rotatable bonds is 2. The predicted octanol–water partition coefficient (Wildman–Crippen LogP) is 3.56. The molecule has 2 aliphatic rings. The van der Waals surface area contributed by atoms with Gasteiger partial charge in [0.15, 0.2) is 0 Å². The van der Waals surface area contributed by atoms with Crippen LogP contribution in [-0.2, 0) is 4.79 Å². The Morgan fingerprint density at radius 2 is 1.52 bits per heavy atom. The van der Waals surface area contributed by atoms with E-state index in [0.29, 0.717) is 19.0 Å². The molecule has 2 heterocycles. The predicted molar refractivity (Wildman–Crippen MR) is 99.6 cm³/mol. The molecule has 0 radical (unpaired) electrons. The van der Waals surface area contributed by atoms with E-state index in [0.717, 1.165) is 49.9 Å². The van der Waals surface area contributed by atoms with Gasteiger partial charge >= 0.3 is 0 Å². The van der Waals surface area contributed by atoms with Gasteiger partial charge in [-0.1, -0.05) is 30.5 Å². The molecule has 0 unspecified atom stereocenters. The summed E-state index contributed by atoms with van der Waals surface area (Å²) < 4.78 is 0. The third kappa shape index (κ3) is 4.23. The molecule has 0 aliphatic carbocycles. The maximum absolute atomic E-state index is 12.8. The second-order valence-electron chi connectivity index (χ2n) is 7.62. The van der Waals surface area contributed by atoms with Crippen molar-refractivity contribution in [3.63, 3.8) is 0 Å². The average Bonchev–Trinajstić information content (AvgIpc) is 2.90. The molecule has 1 aromatic carbocycles. The van der Waals surface area contributed by atoms with E-state index in [1.54, 1.807) is 0 Å². The molecule has 25 heavy (non-hydrogen) atoms. The number of benzene rings is 1. The summed E-state index contributed by atoms with van der Waals surface area (Å²) in [6.07, 6.45) is 6.35. The van der Waals surface area contributed by atoms with Crippen LogP contribution < -0.4 is 0 Å². The van der Waals surface area contributed by atoms with Crippen LogP contribution in [-0.4, -0.2) is 47.8 Å². The van der Waals surface area contributed by atoms with E-state index in [4.69, 9.17) is 0 Å². The minimum atomic E-state index is 0.0984. The van der Waals surface area contributed by atoms with Crippen LogP contribution >= 0.6 is 0 Å². The molecule has 2 aliphatic heterocycles. The zero-order valence-corrected chi connectivity index (χ0v) is 15.6. The maximum atomic E-state index is 12.8. The van der Waals surface area contributed by atoms with Gasteiger partial charge in [0.1, 0.15) is 0 Å². The monoisotopic (exact) mass is 342 g/mol. The smallest absolute Gasteiger partial charge is 0.254 e. The van der Waals surface area contributed by atoms with Crippen LogP contribution in [0.2, 0.25) is 0 Å². The summed E-state index contributed by atoms with van der Waals surface area (Å²) >= 11 is 0. The number of likely N-dealkylation sites (tertiary alicyclic amines) is 2. The lowest BCUT2D eigenvalue weighted by molar-refractivity contribution is -0.136. The molecule has 3 rings (SSSR count). The fraction of sp³-hybridized carbons (Fsp3) is 0.619. The fourth-order valence-electron chi connectivity index (χ4n) is 4.10. The van der Waals surface area contributed by atoms with Crippen molar-refractivity contribution in [1.29, 1.82) is 0 Å². The first-order valence-electron chi connectivity index (χ1n) is 9.71. The Hall–Kier alpha value is -1.84. The number of carbonyl (C=O) groups excluding carboxylic acids is 2. The summed E-state index contributed by atoms with van der Waals surface area (Å²) in [5.41, 5.74) is 3.01. The normalized spacial score (nSPS) is 19.6. The van der Waals surface area contributed by atoms with E-state index >= 15 is 0 Å². The van der Waals surface area contributed by atoms with Crippen LogP contribution in [0, 0.1) is 19.8 Å². The van der Waals surface area contributed by atoms with Crippen molar-refractivity contribution >= 4 is 11.8 Å². The number of aryl methyl sites for hydroxylation is 2. The van der Waals surface area contributed by atoms with E-state index in [1.807, 2.05) is 30.9 Å². The first-order valence-corrected chi connectivity index (χ1v) is 9.71. The van der Waals surface area contributed by atoms with Gasteiger partial charge in [-0.2, -0.15) is 0 Å². The number of hydrogen-bond acceptors (Lipinski definition) is 2. The molecule has 1 aromatic rings. The molecule has 0 saturated carbocycles. The zero-order valence-electron chi connectivity index (χ0n) is 15.6. The molecule has 0 atom stereocenters. The van der Waals surface area contributed by atoms with Crippen molar-refractivity contribution in [2.45, 2.75) is 52.4 Å². The SMILES string of the molecule is Cc1ccc(C(=O)N2CCC(C(=O)N3CCCCCC3)CC2)c(C)c1. The van der Waals surface area contributed by atoms with E-state index in [-0.39, 0.29) is 11.8 Å². The Bertz CT molecular complexity index is 625. The van der Waals surface area contributed by atoms with Gasteiger partial charge in [0.2, 0.25) is 5.91 Å². The van der Waals surface area contributed by atoms with Gasteiger partial charge in [0.25, 0.3) is 5.91 Å². The van der Waals surface area contributed by atoms with Crippen LogP contribution in [0.1, 0.15) is 60.0 Å². The van der Waals surface area contributed by atoms with E-state index in [9.17, 15) is 9.59 Å². The van der Waals surface area contributed by atoms with Crippen LogP contribution in [0.15, 0.2) is 18.2 Å². The first kappa shape index (κ1) is 18.0. The molecule has 136 valence electrons. The van der Waals surface area contributed by atoms with Crippen molar-refractivity contribution in [2.75, 3.05) is 26.2 Å². The Labute approximate surface area is 151 Å². The number of piperidine rings is 1. The van der Waals surface area contributed by atoms with Gasteiger partial charge in [-0.25, -0.2) is 0 Å². The van der Waals surface area contributed by atoms with Gasteiger partial charge in [-0.3, -0.25) is 9.59 Å². The minimum Gasteiger partial charge on any atom is -0.342 e. The highest BCUT2D eigenvalue weighted by atomic mass is 16.2. The van der Waals surface area contributed by atoms with Crippen LogP contribution in [0.5, 0.6) is 0 Å². The largest absolute Gasteiger partial charge is 0.342 e. The van der Waals surface area contributed by atoms with E-state index in [1.165, 1.54) is 18.4 Å². The molecule has 0 bridgehead atoms. The zero-order chi connectivity index (χ0) is 17.8. The number of carbonyl (C=O) groups is 2. The lowest BCUT2D eigenvalue weighted by Gasteiger charge is -2.34. The van der Waals surface area contributed by atoms with Crippen LogP contribution in [0.4, 0.5) is 0 Å². The summed E-state index contributed by atoms with van der Waals surface area (Å²) in [4.78, 5) is 29.5. The fourth-order valence-corrected chi connectivity index (χ4v) is 4.10. The van der Waals surface area contributed by atoms with Crippen molar-refractivity contribution < 1.29 is 9.59 Å². The molecular weight excluding hydrogens is 312 g/mol. The molecule has 0 N–H and O–H groups in total. The first-order chi connectivity index (χ1) is 12.1. The highest BCUT2D eigenvalue weighted by Gasteiger charge is 2.31. The highest BCUT2D eigenvalue weighted by molar-refractivity contribution is 5.96. The quantitative estimate of drug-likeness (QED) is 0.824. The van der Waals surface area contributed by atoms with Crippen LogP contribution in [0.3, 0.4) is 0 Å². The van der Waals surface area contributed by atoms with Gasteiger partial charge in [-0.05, 0) is 51.2 Å². The summed E-state index contributed by atoms with van der Waals surface area (Å²) in [5.74, 6) is 0.528. The summed E-state index contributed by atoms with van der Waals surface area (Å²) in [6.45, 7) is 7.25. The summed E-state index contributed by atoms with van der Waals surface area (Å²) in [5, 5.41) is 0. The van der Waals surface area contributed by atoms with Crippen LogP contribution in [0.25, 0.3) is 0 Å². The van der Waals surface area contributed by atoms with Gasteiger partial charge in [-0.15, -0.1) is 0 Å². The third-order valence-electron chi connectivity index (χ3n) is 5.66. The number of hydrogen-bond donors (Lipinski definition) is 0. The summed E-state index contributed by atoms with van der Waals surface area (Å²) in [6, 6.07) is 5.99. The number of nitrogens with zero attached hydrogens (tertiary/aromatic N) is 2. The molecule has 0 spiro atoms. The van der Waals surface area contributed by atoms with Gasteiger partial charge in [0.05, 0.1) is 0 Å². The van der Waals surface area contributed by atoms with E-state index < -0.39 is 0 Å². The van der Waals surface area contributed by atoms with Crippen molar-refractivity contribution in [1.82, 2.24) is 9.80 Å². The molecule has 4 heteroatoms. The molecule has 2 saturated heterocycles. The molecule has 2 amide bonds. The lowest BCUT2D eigenvalue weighted by atomic mass is 9.94. The average molecular weight is 342 g/mol. The Morgan fingerprint density at radius 1 is 0.880 bits per heavy atom. The highest BCUT2D eigenvalue weighted by Crippen LogP contribution is 2.23. The summed E-state index contributed by atoms with van der Waals surface area (Å²) in [7, 11) is 0. The topological polar surface area (TPSA) is 40.6 Å². The lowest BCUT2D eigenvalue weighted by Crippen LogP contribution is -2.44. The maximum Gasteiger partial charge on any atom is 0.254 e. The van der Waals surface area contributed by atoms with Gasteiger partial charge < -0.3 is 9.80 Å². The Balaban J connectivity index is 1.57. The number of amides is 2. The Morgan fingerprint density at radius 3 is 2.12 bits per heavy atom. The molecule has 2 fully saturated rings. The van der Waals surface area contributed by atoms with Crippen molar-refractivity contribution in [3.8, 4) is 0 Å². The van der Waals surface area contributed by atoms with Crippen molar-refractivity contribution in [2.24, 2.45) is 5.92 Å². The molecule has 0 aromatic heterocycles. The molecule has 4 nitrogen and oxygen atoms in total. The second kappa shape index (κ2) is 8.03.